The number of β-amino-alcohol motifs (C(OH)–C–C–N with tert-alkyl or cyclic N) is 1. The van der Waals surface area contributed by atoms with Crippen molar-refractivity contribution < 1.29 is 23.1 Å². The average Bonchev–Trinajstić information content (AvgIpc) is 1.78. The summed E-state index contributed by atoms with van der Waals surface area (Å²) in [4.78, 5) is 10.5. The van der Waals surface area contributed by atoms with Gasteiger partial charge in [-0.05, 0) is 0 Å². The number of amides is 1. The Morgan fingerprint density at radius 3 is 2.18 bits per heavy atom. The minimum atomic E-state index is -4.65. The number of nitrogens with zero attached hydrogens (tertiary/aromatic N) is 1. The van der Waals surface area contributed by atoms with Gasteiger partial charge in [0.1, 0.15) is 0 Å². The van der Waals surface area contributed by atoms with Crippen LogP contribution in [0.5, 0.6) is 0 Å². The summed E-state index contributed by atoms with van der Waals surface area (Å²) in [7, 11) is 0. The highest BCUT2D eigenvalue weighted by molar-refractivity contribution is 5.51. The highest BCUT2D eigenvalue weighted by Crippen LogP contribution is 2.36. The molecule has 0 spiro atoms. The van der Waals surface area contributed by atoms with Gasteiger partial charge >= 0.3 is 12.6 Å². The van der Waals surface area contributed by atoms with Crippen molar-refractivity contribution in [2.45, 2.75) is 11.8 Å². The van der Waals surface area contributed by atoms with Crippen LogP contribution in [0, 0.1) is 0 Å². The van der Waals surface area contributed by atoms with Crippen molar-refractivity contribution >= 4 is 6.41 Å². The normalized spacial score (nSPS) is 22.7. The molecule has 0 unspecified atom stereocenters. The van der Waals surface area contributed by atoms with E-state index in [1.54, 1.807) is 0 Å². The molecule has 1 rings (SSSR count). The zero-order chi connectivity index (χ0) is 8.70. The van der Waals surface area contributed by atoms with Crippen LogP contribution < -0.4 is 0 Å². The van der Waals surface area contributed by atoms with Crippen LogP contribution in [0.15, 0.2) is 0 Å². The molecule has 0 aromatic rings. The predicted molar refractivity (Wildman–Crippen MR) is 28.3 cm³/mol. The van der Waals surface area contributed by atoms with Crippen molar-refractivity contribution in [3.63, 3.8) is 0 Å². The van der Waals surface area contributed by atoms with Crippen LogP contribution in [0.2, 0.25) is 0 Å². The summed E-state index contributed by atoms with van der Waals surface area (Å²) in [6, 6.07) is 0. The topological polar surface area (TPSA) is 40.5 Å². The maximum atomic E-state index is 11.8. The second-order valence-electron chi connectivity index (χ2n) is 2.48. The summed E-state index contributed by atoms with van der Waals surface area (Å²) in [5, 5.41) is 8.70. The largest absolute Gasteiger partial charge is 0.420 e. The fraction of sp³-hybridized carbons (Fsp3) is 0.800. The van der Waals surface area contributed by atoms with E-state index in [9.17, 15) is 18.0 Å². The molecule has 0 aromatic heterocycles. The van der Waals surface area contributed by atoms with Crippen LogP contribution in [0.1, 0.15) is 0 Å². The van der Waals surface area contributed by atoms with Crippen molar-refractivity contribution in [3.8, 4) is 0 Å². The van der Waals surface area contributed by atoms with Crippen LogP contribution in [0.25, 0.3) is 0 Å². The van der Waals surface area contributed by atoms with Crippen LogP contribution in [-0.2, 0) is 4.79 Å². The van der Waals surface area contributed by atoms with Crippen molar-refractivity contribution in [2.24, 2.45) is 0 Å². The third kappa shape index (κ3) is 1.18. The lowest BCUT2D eigenvalue weighted by Crippen LogP contribution is -2.68. The molecule has 0 aromatic carbocycles. The van der Waals surface area contributed by atoms with Crippen LogP contribution in [0.3, 0.4) is 0 Å². The van der Waals surface area contributed by atoms with E-state index in [4.69, 9.17) is 5.11 Å². The Labute approximate surface area is 60.4 Å². The Morgan fingerprint density at radius 1 is 1.45 bits per heavy atom. The van der Waals surface area contributed by atoms with E-state index in [0.717, 1.165) is 4.90 Å². The summed E-state index contributed by atoms with van der Waals surface area (Å²) in [6.45, 7) is -1.42. The van der Waals surface area contributed by atoms with E-state index in [1.807, 2.05) is 0 Å². The molecule has 0 bridgehead atoms. The van der Waals surface area contributed by atoms with E-state index in [1.165, 1.54) is 6.41 Å². The SMILES string of the molecule is O=[C]N1CC(O)(C(F)(F)F)C1. The lowest BCUT2D eigenvalue weighted by molar-refractivity contribution is -0.292. The average molecular weight is 168 g/mol. The molecule has 0 saturated carbocycles. The number of aliphatic hydroxyl groups is 1. The van der Waals surface area contributed by atoms with Gasteiger partial charge in [-0.2, -0.15) is 13.2 Å². The molecule has 1 saturated heterocycles. The fourth-order valence-corrected chi connectivity index (χ4v) is 0.829. The van der Waals surface area contributed by atoms with E-state index in [-0.39, 0.29) is 0 Å². The number of hydrogen-bond donors (Lipinski definition) is 1. The number of hydrogen-bond acceptors (Lipinski definition) is 2. The number of rotatable bonds is 1. The number of halogens is 3. The zero-order valence-electron chi connectivity index (χ0n) is 5.35. The highest BCUT2D eigenvalue weighted by atomic mass is 19.4. The summed E-state index contributed by atoms with van der Waals surface area (Å²) in [6.07, 6.45) is -3.40. The van der Waals surface area contributed by atoms with E-state index >= 15 is 0 Å². The lowest BCUT2D eigenvalue weighted by Gasteiger charge is -2.44. The molecule has 0 aliphatic carbocycles. The lowest BCUT2D eigenvalue weighted by atomic mass is 9.94. The van der Waals surface area contributed by atoms with Crippen molar-refractivity contribution in [3.05, 3.63) is 0 Å². The molecular formula is C5H5F3NO2. The van der Waals surface area contributed by atoms with Crippen molar-refractivity contribution in [1.29, 1.82) is 0 Å². The molecule has 1 heterocycles. The zero-order valence-corrected chi connectivity index (χ0v) is 5.35. The Bertz CT molecular complexity index is 173. The highest BCUT2D eigenvalue weighted by Gasteiger charge is 2.61. The second-order valence-corrected chi connectivity index (χ2v) is 2.48. The van der Waals surface area contributed by atoms with Crippen molar-refractivity contribution in [2.75, 3.05) is 13.1 Å². The molecule has 1 N–H and O–H groups in total. The standard InChI is InChI=1S/C5H5F3NO2/c6-5(7,8)4(11)1-9(2-4)3-10/h11H,1-2H2. The Hall–Kier alpha value is -0.780. The molecule has 1 aliphatic heterocycles. The maximum Gasteiger partial charge on any atom is 0.420 e. The van der Waals surface area contributed by atoms with E-state index in [2.05, 4.69) is 0 Å². The molecule has 1 aliphatic rings. The molecule has 0 atom stereocenters. The predicted octanol–water partition coefficient (Wildman–Crippen LogP) is -0.337. The Balaban J connectivity index is 2.56. The number of carbonyl (C=O) groups excluding carboxylic acids is 1. The molecular weight excluding hydrogens is 163 g/mol. The summed E-state index contributed by atoms with van der Waals surface area (Å²) in [5.41, 5.74) is -2.70. The van der Waals surface area contributed by atoms with Crippen LogP contribution >= 0.6 is 0 Å². The first-order chi connectivity index (χ1) is 4.89. The van der Waals surface area contributed by atoms with Gasteiger partial charge < -0.3 is 10.0 Å². The molecule has 1 amide bonds. The number of alkyl halides is 3. The smallest absolute Gasteiger partial charge is 0.378 e. The quantitative estimate of drug-likeness (QED) is 0.582. The first-order valence-corrected chi connectivity index (χ1v) is 2.81. The molecule has 63 valence electrons. The summed E-state index contributed by atoms with van der Waals surface area (Å²) < 4.78 is 35.4. The van der Waals surface area contributed by atoms with Gasteiger partial charge in [-0.15, -0.1) is 0 Å². The van der Waals surface area contributed by atoms with Gasteiger partial charge in [-0.1, -0.05) is 0 Å². The van der Waals surface area contributed by atoms with Crippen LogP contribution in [-0.4, -0.2) is 41.3 Å². The fourth-order valence-electron chi connectivity index (χ4n) is 0.829. The van der Waals surface area contributed by atoms with E-state index < -0.39 is 24.9 Å². The van der Waals surface area contributed by atoms with Gasteiger partial charge in [-0.3, -0.25) is 4.79 Å². The minimum absolute atomic E-state index is 0.708. The monoisotopic (exact) mass is 168 g/mol. The molecule has 1 fully saturated rings. The minimum Gasteiger partial charge on any atom is -0.378 e. The first-order valence-electron chi connectivity index (χ1n) is 2.81. The van der Waals surface area contributed by atoms with Crippen molar-refractivity contribution in [1.82, 2.24) is 4.90 Å². The third-order valence-corrected chi connectivity index (χ3v) is 1.56. The van der Waals surface area contributed by atoms with Gasteiger partial charge in [0.2, 0.25) is 0 Å². The van der Waals surface area contributed by atoms with Crippen LogP contribution in [0.4, 0.5) is 13.2 Å². The molecule has 1 radical (unpaired) electrons. The van der Waals surface area contributed by atoms with Gasteiger partial charge in [0.25, 0.3) is 0 Å². The van der Waals surface area contributed by atoms with Gasteiger partial charge in [-0.25, -0.2) is 0 Å². The summed E-state index contributed by atoms with van der Waals surface area (Å²) in [5.74, 6) is 0. The Morgan fingerprint density at radius 2 is 1.91 bits per heavy atom. The maximum absolute atomic E-state index is 11.8. The first kappa shape index (κ1) is 8.32. The Kier molecular flexibility index (Phi) is 1.59. The second kappa shape index (κ2) is 2.10. The molecule has 3 nitrogen and oxygen atoms in total. The van der Waals surface area contributed by atoms with Gasteiger partial charge in [0.05, 0.1) is 13.1 Å². The third-order valence-electron chi connectivity index (χ3n) is 1.56. The summed E-state index contributed by atoms with van der Waals surface area (Å²) >= 11 is 0. The molecule has 6 heteroatoms. The number of likely N-dealkylation sites (tertiary alicyclic amines) is 1. The van der Waals surface area contributed by atoms with Gasteiger partial charge in [0, 0.05) is 0 Å². The molecule has 11 heavy (non-hydrogen) atoms. The van der Waals surface area contributed by atoms with E-state index in [0.29, 0.717) is 0 Å². The van der Waals surface area contributed by atoms with Gasteiger partial charge in [0.15, 0.2) is 5.60 Å².